The van der Waals surface area contributed by atoms with Crippen molar-refractivity contribution in [2.75, 3.05) is 6.54 Å². The molecule has 1 saturated heterocycles. The van der Waals surface area contributed by atoms with Gasteiger partial charge in [0.1, 0.15) is 12.1 Å². The molecule has 0 saturated carbocycles. The minimum Gasteiger partial charge on any atom is -0.461 e. The average molecular weight is 158 g/mol. The van der Waals surface area contributed by atoms with E-state index in [1.54, 1.807) is 0 Å². The third-order valence-corrected chi connectivity index (χ3v) is 1.65. The third-order valence-electron chi connectivity index (χ3n) is 1.65. The third kappa shape index (κ3) is 1.98. The Labute approximate surface area is 63.9 Å². The first-order chi connectivity index (χ1) is 5.26. The molecule has 2 N–H and O–H groups in total. The van der Waals surface area contributed by atoms with E-state index >= 15 is 0 Å². The normalized spacial score (nSPS) is 31.2. The Kier molecular flexibility index (Phi) is 2.53. The Morgan fingerprint density at radius 2 is 2.45 bits per heavy atom. The van der Waals surface area contributed by atoms with E-state index in [9.17, 15) is 9.70 Å². The number of nitrogens with zero attached hydrogens (tertiary/aromatic N) is 1. The zero-order chi connectivity index (χ0) is 8.27. The Balaban J connectivity index is 2.50. The molecule has 2 atom stereocenters. The second-order valence-electron chi connectivity index (χ2n) is 2.55. The molecule has 0 aromatic carbocycles. The van der Waals surface area contributed by atoms with Gasteiger partial charge < -0.3 is 10.5 Å². The fourth-order valence-electron chi connectivity index (χ4n) is 1.09. The molecule has 0 unspecified atom stereocenters. The number of nitrogens with two attached hydrogens (primary N) is 1. The van der Waals surface area contributed by atoms with Crippen molar-refractivity contribution in [1.29, 1.82) is 0 Å². The lowest BCUT2D eigenvalue weighted by Crippen LogP contribution is -2.36. The number of hydrogen-bond acceptors (Lipinski definition) is 5. The molecular weight excluding hydrogens is 148 g/mol. The molecule has 0 aromatic rings. The second kappa shape index (κ2) is 3.43. The highest BCUT2D eigenvalue weighted by Gasteiger charge is 2.28. The molecule has 1 aliphatic rings. The first kappa shape index (κ1) is 8.13. The van der Waals surface area contributed by atoms with Crippen molar-refractivity contribution in [3.63, 3.8) is 0 Å². The molecule has 0 aromatic heterocycles. The molecule has 0 spiro atoms. The van der Waals surface area contributed by atoms with Crippen LogP contribution >= 0.6 is 0 Å². The Morgan fingerprint density at radius 3 is 3.00 bits per heavy atom. The molecule has 0 aliphatic carbocycles. The van der Waals surface area contributed by atoms with E-state index in [-0.39, 0.29) is 25.0 Å². The summed E-state index contributed by atoms with van der Waals surface area (Å²) in [5, 5.41) is 2.79. The van der Waals surface area contributed by atoms with Gasteiger partial charge in [0.05, 0.1) is 6.42 Å². The zero-order valence-corrected chi connectivity index (χ0v) is 6.03. The van der Waals surface area contributed by atoms with E-state index in [4.69, 9.17) is 10.5 Å². The molecular formula is C6H10N2O3. The largest absolute Gasteiger partial charge is 0.461 e. The lowest BCUT2D eigenvalue weighted by atomic mass is 10.0. The van der Waals surface area contributed by atoms with Crippen molar-refractivity contribution in [2.45, 2.75) is 25.0 Å². The SMILES string of the molecule is NC[C@@H]1C[C@@H](N=O)CC(=O)O1. The number of hydrogen-bond donors (Lipinski definition) is 1. The molecule has 1 rings (SSSR count). The van der Waals surface area contributed by atoms with Crippen LogP contribution in [0.25, 0.3) is 0 Å². The van der Waals surface area contributed by atoms with Crippen LogP contribution in [0.1, 0.15) is 12.8 Å². The maximum Gasteiger partial charge on any atom is 0.308 e. The number of carbonyl (C=O) groups is 1. The smallest absolute Gasteiger partial charge is 0.308 e. The summed E-state index contributed by atoms with van der Waals surface area (Å²) in [6.45, 7) is 0.262. The van der Waals surface area contributed by atoms with Crippen LogP contribution < -0.4 is 5.73 Å². The van der Waals surface area contributed by atoms with E-state index in [1.807, 2.05) is 0 Å². The van der Waals surface area contributed by atoms with Crippen LogP contribution in [-0.2, 0) is 9.53 Å². The van der Waals surface area contributed by atoms with Gasteiger partial charge in [-0.25, -0.2) is 0 Å². The number of esters is 1. The summed E-state index contributed by atoms with van der Waals surface area (Å²) >= 11 is 0. The maximum atomic E-state index is 10.7. The lowest BCUT2D eigenvalue weighted by molar-refractivity contribution is -0.153. The minimum atomic E-state index is -0.440. The minimum absolute atomic E-state index is 0.0972. The fourth-order valence-corrected chi connectivity index (χ4v) is 1.09. The van der Waals surface area contributed by atoms with Gasteiger partial charge in [0.25, 0.3) is 0 Å². The van der Waals surface area contributed by atoms with Crippen LogP contribution in [0.15, 0.2) is 5.18 Å². The average Bonchev–Trinajstić information content (AvgIpc) is 2.03. The summed E-state index contributed by atoms with van der Waals surface area (Å²) < 4.78 is 4.80. The van der Waals surface area contributed by atoms with E-state index < -0.39 is 6.04 Å². The van der Waals surface area contributed by atoms with E-state index in [0.29, 0.717) is 6.42 Å². The Hall–Kier alpha value is -0.970. The fraction of sp³-hybridized carbons (Fsp3) is 0.833. The summed E-state index contributed by atoms with van der Waals surface area (Å²) in [4.78, 5) is 20.8. The molecule has 0 bridgehead atoms. The molecule has 0 radical (unpaired) electrons. The summed E-state index contributed by atoms with van der Waals surface area (Å²) in [5.74, 6) is -0.378. The summed E-state index contributed by atoms with van der Waals surface area (Å²) in [5.41, 5.74) is 5.26. The van der Waals surface area contributed by atoms with Gasteiger partial charge in [-0.1, -0.05) is 5.18 Å². The Bertz CT molecular complexity index is 171. The van der Waals surface area contributed by atoms with E-state index in [2.05, 4.69) is 5.18 Å². The van der Waals surface area contributed by atoms with Gasteiger partial charge in [-0.2, -0.15) is 4.91 Å². The van der Waals surface area contributed by atoms with Gasteiger partial charge in [0.2, 0.25) is 0 Å². The first-order valence-electron chi connectivity index (χ1n) is 3.48. The molecule has 0 amide bonds. The molecule has 11 heavy (non-hydrogen) atoms. The predicted octanol–water partition coefficient (Wildman–Crippen LogP) is -0.214. The van der Waals surface area contributed by atoms with Crippen LogP contribution in [0.4, 0.5) is 0 Å². The molecule has 1 aliphatic heterocycles. The van der Waals surface area contributed by atoms with Gasteiger partial charge in [0, 0.05) is 13.0 Å². The molecule has 62 valence electrons. The summed E-state index contributed by atoms with van der Waals surface area (Å²) in [6, 6.07) is -0.440. The quantitative estimate of drug-likeness (QED) is 0.445. The lowest BCUT2D eigenvalue weighted by Gasteiger charge is -2.23. The van der Waals surface area contributed by atoms with Crippen molar-refractivity contribution in [3.05, 3.63) is 4.91 Å². The van der Waals surface area contributed by atoms with Crippen LogP contribution in [0.2, 0.25) is 0 Å². The maximum absolute atomic E-state index is 10.7. The van der Waals surface area contributed by atoms with Crippen molar-refractivity contribution >= 4 is 5.97 Å². The van der Waals surface area contributed by atoms with Gasteiger partial charge in [-0.3, -0.25) is 4.79 Å². The summed E-state index contributed by atoms with van der Waals surface area (Å²) in [7, 11) is 0. The van der Waals surface area contributed by atoms with Gasteiger partial charge >= 0.3 is 5.97 Å². The van der Waals surface area contributed by atoms with Gasteiger partial charge in [-0.15, -0.1) is 0 Å². The van der Waals surface area contributed by atoms with Crippen molar-refractivity contribution < 1.29 is 9.53 Å². The number of ether oxygens (including phenoxy) is 1. The highest BCUT2D eigenvalue weighted by molar-refractivity contribution is 5.71. The van der Waals surface area contributed by atoms with Crippen LogP contribution in [0, 0.1) is 4.91 Å². The number of rotatable bonds is 2. The van der Waals surface area contributed by atoms with Crippen LogP contribution in [0.3, 0.4) is 0 Å². The van der Waals surface area contributed by atoms with E-state index in [1.165, 1.54) is 0 Å². The second-order valence-corrected chi connectivity index (χ2v) is 2.55. The topological polar surface area (TPSA) is 81.8 Å². The molecule has 1 heterocycles. The van der Waals surface area contributed by atoms with Gasteiger partial charge in [-0.05, 0) is 0 Å². The molecule has 5 heteroatoms. The summed E-state index contributed by atoms with van der Waals surface area (Å²) in [6.07, 6.45) is 0.241. The number of carbonyl (C=O) groups excluding carboxylic acids is 1. The van der Waals surface area contributed by atoms with Crippen molar-refractivity contribution in [2.24, 2.45) is 10.9 Å². The molecule has 5 nitrogen and oxygen atoms in total. The standard InChI is InChI=1S/C6H10N2O3/c7-3-5-1-4(8-10)2-6(9)11-5/h4-5H,1-3,7H2/t4-,5+/m1/s1. The zero-order valence-electron chi connectivity index (χ0n) is 6.03. The highest BCUT2D eigenvalue weighted by Crippen LogP contribution is 2.16. The predicted molar refractivity (Wildman–Crippen MR) is 37.8 cm³/mol. The monoisotopic (exact) mass is 158 g/mol. The van der Waals surface area contributed by atoms with Crippen LogP contribution in [-0.4, -0.2) is 24.7 Å². The Morgan fingerprint density at radius 1 is 1.73 bits per heavy atom. The highest BCUT2D eigenvalue weighted by atomic mass is 16.5. The van der Waals surface area contributed by atoms with Crippen molar-refractivity contribution in [1.82, 2.24) is 0 Å². The van der Waals surface area contributed by atoms with Gasteiger partial charge in [0.15, 0.2) is 0 Å². The molecule has 1 fully saturated rings. The first-order valence-corrected chi connectivity index (χ1v) is 3.48. The number of nitroso groups, excluding NO2 is 1. The number of cyclic esters (lactones) is 1. The van der Waals surface area contributed by atoms with Crippen molar-refractivity contribution in [3.8, 4) is 0 Å². The van der Waals surface area contributed by atoms with Crippen LogP contribution in [0.5, 0.6) is 0 Å². The van der Waals surface area contributed by atoms with E-state index in [0.717, 1.165) is 0 Å².